The van der Waals surface area contributed by atoms with Crippen molar-refractivity contribution in [3.05, 3.63) is 0 Å². The van der Waals surface area contributed by atoms with Crippen LogP contribution in [0.1, 0.15) is 33.1 Å². The summed E-state index contributed by atoms with van der Waals surface area (Å²) in [6.45, 7) is 4.30. The van der Waals surface area contributed by atoms with Gasteiger partial charge in [-0.15, -0.1) is 0 Å². The van der Waals surface area contributed by atoms with E-state index >= 15 is 0 Å². The molecule has 0 radical (unpaired) electrons. The molecule has 6 heteroatoms. The molecule has 1 aliphatic rings. The van der Waals surface area contributed by atoms with Crippen molar-refractivity contribution in [2.45, 2.75) is 44.8 Å². The first-order valence-corrected chi connectivity index (χ1v) is 7.61. The molecule has 0 aromatic heterocycles. The molecule has 1 unspecified atom stereocenters. The highest BCUT2D eigenvalue weighted by Gasteiger charge is 2.41. The number of hydrogen-bond acceptors (Lipinski definition) is 4. The van der Waals surface area contributed by atoms with Gasteiger partial charge in [-0.1, -0.05) is 0 Å². The molecule has 0 aromatic rings. The average molecular weight is 265 g/mol. The van der Waals surface area contributed by atoms with Crippen LogP contribution in [0.4, 0.5) is 0 Å². The van der Waals surface area contributed by atoms with E-state index in [1.165, 1.54) is 4.31 Å². The first kappa shape index (κ1) is 14.9. The van der Waals surface area contributed by atoms with E-state index in [1.54, 1.807) is 21.0 Å². The van der Waals surface area contributed by atoms with Crippen molar-refractivity contribution in [1.29, 1.82) is 0 Å². The van der Waals surface area contributed by atoms with Crippen LogP contribution in [0.15, 0.2) is 0 Å². The summed E-state index contributed by atoms with van der Waals surface area (Å²) < 4.78 is 30.6. The highest BCUT2D eigenvalue weighted by molar-refractivity contribution is 7.89. The number of ether oxygens (including phenoxy) is 1. The monoisotopic (exact) mass is 265 g/mol. The van der Waals surface area contributed by atoms with Crippen molar-refractivity contribution in [2.75, 3.05) is 26.0 Å². The SMILES string of the molecule is COCCCS(=O)(=O)N1CCCC1C(C)(C)O. The zero-order valence-corrected chi connectivity index (χ0v) is 11.7. The minimum atomic E-state index is -3.27. The fourth-order valence-corrected chi connectivity index (χ4v) is 4.16. The van der Waals surface area contributed by atoms with E-state index in [2.05, 4.69) is 0 Å². The minimum absolute atomic E-state index is 0.0907. The molecule has 0 aliphatic carbocycles. The molecule has 0 aromatic carbocycles. The van der Waals surface area contributed by atoms with Gasteiger partial charge < -0.3 is 9.84 Å². The highest BCUT2D eigenvalue weighted by atomic mass is 32.2. The first-order valence-electron chi connectivity index (χ1n) is 6.00. The van der Waals surface area contributed by atoms with Gasteiger partial charge in [-0.05, 0) is 33.1 Å². The van der Waals surface area contributed by atoms with Crippen LogP contribution in [0.25, 0.3) is 0 Å². The topological polar surface area (TPSA) is 66.8 Å². The van der Waals surface area contributed by atoms with Crippen molar-refractivity contribution in [3.63, 3.8) is 0 Å². The molecular weight excluding hydrogens is 242 g/mol. The molecule has 0 amide bonds. The van der Waals surface area contributed by atoms with Gasteiger partial charge in [-0.2, -0.15) is 4.31 Å². The van der Waals surface area contributed by atoms with E-state index in [0.717, 1.165) is 12.8 Å². The van der Waals surface area contributed by atoms with Crippen molar-refractivity contribution in [1.82, 2.24) is 4.31 Å². The third-order valence-electron chi connectivity index (χ3n) is 3.13. The fraction of sp³-hybridized carbons (Fsp3) is 1.00. The molecule has 17 heavy (non-hydrogen) atoms. The summed E-state index contributed by atoms with van der Waals surface area (Å²) in [7, 11) is -1.71. The van der Waals surface area contributed by atoms with Crippen molar-refractivity contribution < 1.29 is 18.3 Å². The summed E-state index contributed by atoms with van der Waals surface area (Å²) in [5, 5.41) is 9.99. The van der Waals surface area contributed by atoms with Crippen LogP contribution in [-0.4, -0.2) is 55.5 Å². The van der Waals surface area contributed by atoms with E-state index in [0.29, 0.717) is 19.6 Å². The van der Waals surface area contributed by atoms with Gasteiger partial charge in [0.2, 0.25) is 10.0 Å². The van der Waals surface area contributed by atoms with E-state index in [1.807, 2.05) is 0 Å². The van der Waals surface area contributed by atoms with Gasteiger partial charge in [0.05, 0.1) is 17.4 Å². The van der Waals surface area contributed by atoms with Crippen molar-refractivity contribution >= 4 is 10.0 Å². The molecule has 5 nitrogen and oxygen atoms in total. The number of aliphatic hydroxyl groups is 1. The Morgan fingerprint density at radius 1 is 1.47 bits per heavy atom. The Bertz CT molecular complexity index is 334. The maximum absolute atomic E-state index is 12.1. The van der Waals surface area contributed by atoms with Crippen LogP contribution in [0.5, 0.6) is 0 Å². The summed E-state index contributed by atoms with van der Waals surface area (Å²) in [6.07, 6.45) is 2.04. The minimum Gasteiger partial charge on any atom is -0.389 e. The zero-order valence-electron chi connectivity index (χ0n) is 10.8. The average Bonchev–Trinajstić information content (AvgIpc) is 2.66. The maximum atomic E-state index is 12.1. The third-order valence-corrected chi connectivity index (χ3v) is 5.08. The maximum Gasteiger partial charge on any atom is 0.214 e. The lowest BCUT2D eigenvalue weighted by Crippen LogP contribution is -2.48. The van der Waals surface area contributed by atoms with Gasteiger partial charge in [0, 0.05) is 20.3 Å². The van der Waals surface area contributed by atoms with Gasteiger partial charge in [0.15, 0.2) is 0 Å². The quantitative estimate of drug-likeness (QED) is 0.714. The Labute approximate surface area is 104 Å². The third kappa shape index (κ3) is 3.91. The molecular formula is C11H23NO4S. The van der Waals surface area contributed by atoms with Crippen molar-refractivity contribution in [3.8, 4) is 0 Å². The summed E-state index contributed by atoms with van der Waals surface area (Å²) >= 11 is 0. The van der Waals surface area contributed by atoms with Crippen LogP contribution >= 0.6 is 0 Å². The second-order valence-corrected chi connectivity index (χ2v) is 7.13. The summed E-state index contributed by atoms with van der Waals surface area (Å²) in [4.78, 5) is 0. The second-order valence-electron chi connectivity index (χ2n) is 5.08. The van der Waals surface area contributed by atoms with Gasteiger partial charge in [-0.25, -0.2) is 8.42 Å². The highest BCUT2D eigenvalue weighted by Crippen LogP contribution is 2.29. The lowest BCUT2D eigenvalue weighted by atomic mass is 9.98. The molecule has 1 fully saturated rings. The summed E-state index contributed by atoms with van der Waals surface area (Å²) in [5.41, 5.74) is -0.981. The van der Waals surface area contributed by atoms with Crippen LogP contribution in [0.2, 0.25) is 0 Å². The summed E-state index contributed by atoms with van der Waals surface area (Å²) in [6, 6.07) is -0.296. The molecule has 1 atom stereocenters. The Hall–Kier alpha value is -0.170. The predicted molar refractivity (Wildman–Crippen MR) is 66.3 cm³/mol. The number of hydrogen-bond donors (Lipinski definition) is 1. The smallest absolute Gasteiger partial charge is 0.214 e. The Balaban J connectivity index is 2.70. The van der Waals surface area contributed by atoms with Crippen molar-refractivity contribution in [2.24, 2.45) is 0 Å². The molecule has 0 saturated carbocycles. The molecule has 1 aliphatic heterocycles. The Morgan fingerprint density at radius 3 is 2.65 bits per heavy atom. The fourth-order valence-electron chi connectivity index (χ4n) is 2.28. The standard InChI is InChI=1S/C11H23NO4S/c1-11(2,13)10-6-4-7-12(10)17(14,15)9-5-8-16-3/h10,13H,4-9H2,1-3H3. The summed E-state index contributed by atoms with van der Waals surface area (Å²) in [5.74, 6) is 0.0907. The van der Waals surface area contributed by atoms with Crippen LogP contribution < -0.4 is 0 Å². The van der Waals surface area contributed by atoms with Gasteiger partial charge in [0.25, 0.3) is 0 Å². The molecule has 0 spiro atoms. The number of nitrogens with zero attached hydrogens (tertiary/aromatic N) is 1. The van der Waals surface area contributed by atoms with Gasteiger partial charge in [-0.3, -0.25) is 0 Å². The van der Waals surface area contributed by atoms with E-state index in [9.17, 15) is 13.5 Å². The molecule has 1 N–H and O–H groups in total. The lowest BCUT2D eigenvalue weighted by molar-refractivity contribution is 0.0214. The largest absolute Gasteiger partial charge is 0.389 e. The molecule has 1 rings (SSSR count). The lowest BCUT2D eigenvalue weighted by Gasteiger charge is -2.33. The molecule has 0 bridgehead atoms. The second kappa shape index (κ2) is 5.65. The van der Waals surface area contributed by atoms with Gasteiger partial charge >= 0.3 is 0 Å². The van der Waals surface area contributed by atoms with E-state index in [-0.39, 0.29) is 11.8 Å². The number of sulfonamides is 1. The van der Waals surface area contributed by atoms with Crippen LogP contribution in [-0.2, 0) is 14.8 Å². The first-order chi connectivity index (χ1) is 7.79. The number of methoxy groups -OCH3 is 1. The normalized spacial score (nSPS) is 23.2. The zero-order chi connectivity index (χ0) is 13.1. The van der Waals surface area contributed by atoms with Crippen LogP contribution in [0, 0.1) is 0 Å². The molecule has 102 valence electrons. The Kier molecular flexibility index (Phi) is 4.95. The molecule has 1 heterocycles. The molecule has 1 saturated heterocycles. The Morgan fingerprint density at radius 2 is 2.12 bits per heavy atom. The predicted octanol–water partition coefficient (Wildman–Crippen LogP) is 0.588. The van der Waals surface area contributed by atoms with Crippen LogP contribution in [0.3, 0.4) is 0 Å². The number of rotatable bonds is 6. The van der Waals surface area contributed by atoms with E-state index < -0.39 is 15.6 Å². The van der Waals surface area contributed by atoms with Gasteiger partial charge in [0.1, 0.15) is 0 Å². The van der Waals surface area contributed by atoms with E-state index in [4.69, 9.17) is 4.74 Å².